The van der Waals surface area contributed by atoms with Crippen molar-refractivity contribution in [2.24, 2.45) is 0 Å². The number of hydrogen-bond donors (Lipinski definition) is 1. The second-order valence-corrected chi connectivity index (χ2v) is 6.64. The van der Waals surface area contributed by atoms with Crippen molar-refractivity contribution in [1.82, 2.24) is 10.3 Å². The minimum absolute atomic E-state index is 0.0274. The largest absolute Gasteiger partial charge is 0.416 e. The first kappa shape index (κ1) is 14.8. The molecule has 1 saturated heterocycles. The van der Waals surface area contributed by atoms with Gasteiger partial charge in [0, 0.05) is 12.0 Å². The van der Waals surface area contributed by atoms with Crippen LogP contribution in [0.3, 0.4) is 0 Å². The molecule has 1 aromatic carbocycles. The second-order valence-electron chi connectivity index (χ2n) is 5.61. The number of alkyl halides is 3. The van der Waals surface area contributed by atoms with Gasteiger partial charge in [0.05, 0.1) is 15.8 Å². The van der Waals surface area contributed by atoms with E-state index in [-0.39, 0.29) is 5.41 Å². The zero-order valence-electron chi connectivity index (χ0n) is 11.8. The van der Waals surface area contributed by atoms with E-state index in [2.05, 4.69) is 17.2 Å². The van der Waals surface area contributed by atoms with Gasteiger partial charge in [-0.3, -0.25) is 0 Å². The van der Waals surface area contributed by atoms with E-state index in [0.29, 0.717) is 5.52 Å². The van der Waals surface area contributed by atoms with E-state index >= 15 is 0 Å². The summed E-state index contributed by atoms with van der Waals surface area (Å²) < 4.78 is 39.2. The fraction of sp³-hybridized carbons (Fsp3) is 0.533. The zero-order chi connectivity index (χ0) is 15.1. The maximum Gasteiger partial charge on any atom is 0.416 e. The molecule has 2 aromatic rings. The SMILES string of the molecule is CCC1(c2nc3cc(C(F)(F)F)ccc3s2)CCCNC1. The second kappa shape index (κ2) is 5.25. The highest BCUT2D eigenvalue weighted by Gasteiger charge is 2.36. The molecule has 1 aliphatic heterocycles. The number of fused-ring (bicyclic) bond motifs is 1. The van der Waals surface area contributed by atoms with Gasteiger partial charge in [-0.15, -0.1) is 11.3 Å². The number of halogens is 3. The molecule has 1 atom stereocenters. The number of nitrogens with one attached hydrogen (secondary N) is 1. The normalized spacial score (nSPS) is 23.6. The lowest BCUT2D eigenvalue weighted by molar-refractivity contribution is -0.137. The molecule has 0 bridgehead atoms. The van der Waals surface area contributed by atoms with Gasteiger partial charge in [-0.1, -0.05) is 6.92 Å². The molecule has 114 valence electrons. The molecule has 0 amide bonds. The van der Waals surface area contributed by atoms with Crippen molar-refractivity contribution in [1.29, 1.82) is 0 Å². The number of aromatic nitrogens is 1. The number of piperidine rings is 1. The Morgan fingerprint density at radius 3 is 2.81 bits per heavy atom. The average Bonchev–Trinajstić information content (AvgIpc) is 2.90. The van der Waals surface area contributed by atoms with Crippen LogP contribution in [0.5, 0.6) is 0 Å². The Kier molecular flexibility index (Phi) is 3.69. The first-order valence-corrected chi connectivity index (χ1v) is 7.95. The summed E-state index contributed by atoms with van der Waals surface area (Å²) in [5.41, 5.74) is -0.192. The number of nitrogens with zero attached hydrogens (tertiary/aromatic N) is 1. The van der Waals surface area contributed by atoms with Gasteiger partial charge in [0.2, 0.25) is 0 Å². The third-order valence-corrected chi connectivity index (χ3v) is 5.60. The number of rotatable bonds is 2. The third kappa shape index (κ3) is 2.66. The molecule has 6 heteroatoms. The van der Waals surface area contributed by atoms with Gasteiger partial charge >= 0.3 is 6.18 Å². The predicted octanol–water partition coefficient (Wildman–Crippen LogP) is 4.35. The van der Waals surface area contributed by atoms with Crippen LogP contribution in [0.4, 0.5) is 13.2 Å². The van der Waals surface area contributed by atoms with Crippen LogP contribution in [-0.2, 0) is 11.6 Å². The van der Waals surface area contributed by atoms with Crippen LogP contribution < -0.4 is 5.32 Å². The van der Waals surface area contributed by atoms with Crippen LogP contribution in [0.1, 0.15) is 36.8 Å². The fourth-order valence-corrected chi connectivity index (χ4v) is 4.17. The Hall–Kier alpha value is -1.14. The molecule has 0 aliphatic carbocycles. The molecular formula is C15H17F3N2S. The lowest BCUT2D eigenvalue weighted by atomic mass is 9.79. The Labute approximate surface area is 125 Å². The first-order valence-electron chi connectivity index (χ1n) is 7.14. The van der Waals surface area contributed by atoms with E-state index in [1.807, 2.05) is 0 Å². The van der Waals surface area contributed by atoms with Crippen LogP contribution in [0.15, 0.2) is 18.2 Å². The monoisotopic (exact) mass is 314 g/mol. The van der Waals surface area contributed by atoms with E-state index in [9.17, 15) is 13.2 Å². The highest BCUT2D eigenvalue weighted by atomic mass is 32.1. The van der Waals surface area contributed by atoms with Crippen LogP contribution in [-0.4, -0.2) is 18.1 Å². The Balaban J connectivity index is 2.04. The first-order chi connectivity index (χ1) is 9.94. The van der Waals surface area contributed by atoms with Crippen LogP contribution >= 0.6 is 11.3 Å². The summed E-state index contributed by atoms with van der Waals surface area (Å²) in [7, 11) is 0. The summed E-state index contributed by atoms with van der Waals surface area (Å²) in [6.45, 7) is 3.99. The van der Waals surface area contributed by atoms with Gasteiger partial charge in [-0.05, 0) is 44.0 Å². The molecular weight excluding hydrogens is 297 g/mol. The summed E-state index contributed by atoms with van der Waals surface area (Å²) >= 11 is 1.53. The Morgan fingerprint density at radius 2 is 2.19 bits per heavy atom. The van der Waals surface area contributed by atoms with Crippen molar-refractivity contribution in [3.63, 3.8) is 0 Å². The lowest BCUT2D eigenvalue weighted by Gasteiger charge is -2.35. The molecule has 3 rings (SSSR count). The maximum absolute atomic E-state index is 12.8. The van der Waals surface area contributed by atoms with Crippen LogP contribution in [0.2, 0.25) is 0 Å². The van der Waals surface area contributed by atoms with Gasteiger partial charge in [0.15, 0.2) is 0 Å². The summed E-state index contributed by atoms with van der Waals surface area (Å²) in [4.78, 5) is 4.53. The number of thiazole rings is 1. The van der Waals surface area contributed by atoms with Crippen LogP contribution in [0, 0.1) is 0 Å². The molecule has 2 nitrogen and oxygen atoms in total. The topological polar surface area (TPSA) is 24.9 Å². The summed E-state index contributed by atoms with van der Waals surface area (Å²) in [6.07, 6.45) is -1.24. The van der Waals surface area contributed by atoms with Gasteiger partial charge in [0.1, 0.15) is 5.01 Å². The molecule has 21 heavy (non-hydrogen) atoms. The van der Waals surface area contributed by atoms with Crippen LogP contribution in [0.25, 0.3) is 10.2 Å². The van der Waals surface area contributed by atoms with E-state index < -0.39 is 11.7 Å². The molecule has 1 fully saturated rings. The zero-order valence-corrected chi connectivity index (χ0v) is 12.6. The van der Waals surface area contributed by atoms with Gasteiger partial charge < -0.3 is 5.32 Å². The van der Waals surface area contributed by atoms with Crippen molar-refractivity contribution in [2.75, 3.05) is 13.1 Å². The minimum Gasteiger partial charge on any atom is -0.316 e. The number of hydrogen-bond acceptors (Lipinski definition) is 3. The van der Waals surface area contributed by atoms with Crippen molar-refractivity contribution < 1.29 is 13.2 Å². The molecule has 1 aliphatic rings. The fourth-order valence-electron chi connectivity index (χ4n) is 2.93. The van der Waals surface area contributed by atoms with Gasteiger partial charge in [-0.25, -0.2) is 4.98 Å². The van der Waals surface area contributed by atoms with Gasteiger partial charge in [0.25, 0.3) is 0 Å². The van der Waals surface area contributed by atoms with Gasteiger partial charge in [-0.2, -0.15) is 13.2 Å². The van der Waals surface area contributed by atoms with Crippen molar-refractivity contribution in [2.45, 2.75) is 37.8 Å². The molecule has 2 heterocycles. The highest BCUT2D eigenvalue weighted by molar-refractivity contribution is 7.18. The standard InChI is InChI=1S/C15H17F3N2S/c1-2-14(6-3-7-19-9-14)13-20-11-8-10(15(16,17)18)4-5-12(11)21-13/h4-5,8,19H,2-3,6-7,9H2,1H3. The average molecular weight is 314 g/mol. The molecule has 1 N–H and O–H groups in total. The van der Waals surface area contributed by atoms with E-state index in [0.717, 1.165) is 54.2 Å². The molecule has 1 unspecified atom stereocenters. The quantitative estimate of drug-likeness (QED) is 0.891. The third-order valence-electron chi connectivity index (χ3n) is 4.32. The lowest BCUT2D eigenvalue weighted by Crippen LogP contribution is -2.42. The summed E-state index contributed by atoms with van der Waals surface area (Å²) in [5.74, 6) is 0. The molecule has 0 saturated carbocycles. The van der Waals surface area contributed by atoms with E-state index in [1.54, 1.807) is 6.07 Å². The van der Waals surface area contributed by atoms with Crippen molar-refractivity contribution >= 4 is 21.6 Å². The predicted molar refractivity (Wildman–Crippen MR) is 78.7 cm³/mol. The highest BCUT2D eigenvalue weighted by Crippen LogP contribution is 2.40. The number of benzene rings is 1. The van der Waals surface area contributed by atoms with E-state index in [4.69, 9.17) is 0 Å². The Bertz CT molecular complexity index is 642. The maximum atomic E-state index is 12.8. The minimum atomic E-state index is -4.31. The summed E-state index contributed by atoms with van der Waals surface area (Å²) in [6, 6.07) is 3.84. The molecule has 0 radical (unpaired) electrons. The van der Waals surface area contributed by atoms with Crippen molar-refractivity contribution in [3.05, 3.63) is 28.8 Å². The molecule has 1 aromatic heterocycles. The molecule has 0 spiro atoms. The smallest absolute Gasteiger partial charge is 0.316 e. The van der Waals surface area contributed by atoms with E-state index in [1.165, 1.54) is 11.3 Å². The Morgan fingerprint density at radius 1 is 1.38 bits per heavy atom. The summed E-state index contributed by atoms with van der Waals surface area (Å²) in [5, 5.41) is 4.36. The van der Waals surface area contributed by atoms with Crippen molar-refractivity contribution in [3.8, 4) is 0 Å².